The quantitative estimate of drug-likeness (QED) is 0.679. The average molecular weight is 204 g/mol. The molecule has 0 saturated carbocycles. The fourth-order valence-electron chi connectivity index (χ4n) is 1.70. The molecule has 0 aromatic heterocycles. The summed E-state index contributed by atoms with van der Waals surface area (Å²) in [4.78, 5) is 25.0. The Morgan fingerprint density at radius 1 is 1.27 bits per heavy atom. The van der Waals surface area contributed by atoms with Crippen LogP contribution in [0.3, 0.4) is 0 Å². The first kappa shape index (κ1) is 9.71. The molecule has 78 valence electrons. The summed E-state index contributed by atoms with van der Waals surface area (Å²) >= 11 is 0. The Balaban J connectivity index is 2.57. The van der Waals surface area contributed by atoms with Gasteiger partial charge in [0.25, 0.3) is 5.91 Å². The predicted octanol–water partition coefficient (Wildman–Crippen LogP) is 0.781. The van der Waals surface area contributed by atoms with Gasteiger partial charge in [0.05, 0.1) is 11.3 Å². The van der Waals surface area contributed by atoms with Crippen molar-refractivity contribution in [3.05, 3.63) is 29.8 Å². The number of likely N-dealkylation sites (N-methyl/N-ethyl adjacent to an activating group) is 1. The first-order valence-corrected chi connectivity index (χ1v) is 4.78. The van der Waals surface area contributed by atoms with Crippen molar-refractivity contribution in [3.8, 4) is 0 Å². The van der Waals surface area contributed by atoms with Crippen LogP contribution in [0.2, 0.25) is 0 Å². The van der Waals surface area contributed by atoms with E-state index in [1.165, 1.54) is 4.90 Å². The van der Waals surface area contributed by atoms with Crippen molar-refractivity contribution >= 4 is 17.5 Å². The molecule has 0 saturated heterocycles. The van der Waals surface area contributed by atoms with Crippen molar-refractivity contribution < 1.29 is 9.59 Å². The zero-order valence-electron chi connectivity index (χ0n) is 8.65. The molecule has 1 aromatic rings. The normalized spacial score (nSPS) is 20.7. The molecular formula is C11H12N2O2. The third-order valence-corrected chi connectivity index (χ3v) is 2.56. The maximum atomic E-state index is 11.8. The number of fused-ring (bicyclic) bond motifs is 1. The van der Waals surface area contributed by atoms with Gasteiger partial charge in [0.1, 0.15) is 6.04 Å². The van der Waals surface area contributed by atoms with Crippen LogP contribution < -0.4 is 10.2 Å². The molecule has 4 nitrogen and oxygen atoms in total. The lowest BCUT2D eigenvalue weighted by molar-refractivity contribution is -0.119. The van der Waals surface area contributed by atoms with Crippen LogP contribution in [0.5, 0.6) is 0 Å². The van der Waals surface area contributed by atoms with E-state index in [1.54, 1.807) is 32.2 Å². The van der Waals surface area contributed by atoms with E-state index >= 15 is 0 Å². The van der Waals surface area contributed by atoms with E-state index in [1.807, 2.05) is 6.07 Å². The summed E-state index contributed by atoms with van der Waals surface area (Å²) in [5, 5.41) is 2.65. The number of rotatable bonds is 0. The van der Waals surface area contributed by atoms with Gasteiger partial charge >= 0.3 is 0 Å². The van der Waals surface area contributed by atoms with E-state index < -0.39 is 6.04 Å². The van der Waals surface area contributed by atoms with E-state index in [0.29, 0.717) is 11.3 Å². The SMILES string of the molecule is CC1NC(=O)c2ccccc2N(C)C1=O. The lowest BCUT2D eigenvalue weighted by Crippen LogP contribution is -2.42. The van der Waals surface area contributed by atoms with Crippen LogP contribution in [0.25, 0.3) is 0 Å². The lowest BCUT2D eigenvalue weighted by Gasteiger charge is -2.18. The van der Waals surface area contributed by atoms with Gasteiger partial charge in [-0.25, -0.2) is 0 Å². The van der Waals surface area contributed by atoms with Gasteiger partial charge in [0.2, 0.25) is 5.91 Å². The van der Waals surface area contributed by atoms with Gasteiger partial charge in [-0.05, 0) is 19.1 Å². The number of amides is 2. The molecule has 0 fully saturated rings. The Morgan fingerprint density at radius 3 is 2.67 bits per heavy atom. The number of hydrogen-bond donors (Lipinski definition) is 1. The maximum absolute atomic E-state index is 11.8. The molecule has 1 unspecified atom stereocenters. The number of carbonyl (C=O) groups excluding carboxylic acids is 2. The molecular weight excluding hydrogens is 192 g/mol. The van der Waals surface area contributed by atoms with Gasteiger partial charge < -0.3 is 10.2 Å². The summed E-state index contributed by atoms with van der Waals surface area (Å²) in [6.45, 7) is 1.68. The number of para-hydroxylation sites is 1. The summed E-state index contributed by atoms with van der Waals surface area (Å²) in [5.74, 6) is -0.302. The van der Waals surface area contributed by atoms with Crippen LogP contribution >= 0.6 is 0 Å². The molecule has 1 heterocycles. The van der Waals surface area contributed by atoms with Gasteiger partial charge in [-0.2, -0.15) is 0 Å². The van der Waals surface area contributed by atoms with Crippen molar-refractivity contribution in [2.24, 2.45) is 0 Å². The predicted molar refractivity (Wildman–Crippen MR) is 56.8 cm³/mol. The Bertz CT molecular complexity index is 428. The highest BCUT2D eigenvalue weighted by atomic mass is 16.2. The Hall–Kier alpha value is -1.84. The molecule has 0 spiro atoms. The fraction of sp³-hybridized carbons (Fsp3) is 0.273. The van der Waals surface area contributed by atoms with E-state index in [0.717, 1.165) is 0 Å². The van der Waals surface area contributed by atoms with Crippen molar-refractivity contribution in [2.75, 3.05) is 11.9 Å². The summed E-state index contributed by atoms with van der Waals surface area (Å²) in [7, 11) is 1.68. The fourth-order valence-corrected chi connectivity index (χ4v) is 1.70. The van der Waals surface area contributed by atoms with Gasteiger partial charge in [-0.1, -0.05) is 12.1 Å². The minimum Gasteiger partial charge on any atom is -0.340 e. The Kier molecular flexibility index (Phi) is 2.19. The molecule has 15 heavy (non-hydrogen) atoms. The van der Waals surface area contributed by atoms with Crippen LogP contribution in [-0.4, -0.2) is 24.9 Å². The molecule has 0 aliphatic carbocycles. The molecule has 4 heteroatoms. The van der Waals surface area contributed by atoms with Crippen LogP contribution in [-0.2, 0) is 4.79 Å². The second kappa shape index (κ2) is 3.38. The highest BCUT2D eigenvalue weighted by Gasteiger charge is 2.28. The third kappa shape index (κ3) is 1.48. The van der Waals surface area contributed by atoms with Crippen molar-refractivity contribution in [2.45, 2.75) is 13.0 Å². The molecule has 2 rings (SSSR count). The average Bonchev–Trinajstić information content (AvgIpc) is 2.33. The smallest absolute Gasteiger partial charge is 0.254 e. The summed E-state index contributed by atoms with van der Waals surface area (Å²) in [6.07, 6.45) is 0. The van der Waals surface area contributed by atoms with Gasteiger partial charge in [0, 0.05) is 7.05 Å². The molecule has 0 radical (unpaired) electrons. The molecule has 1 aliphatic heterocycles. The van der Waals surface area contributed by atoms with Gasteiger partial charge in [0.15, 0.2) is 0 Å². The highest BCUT2D eigenvalue weighted by Crippen LogP contribution is 2.22. The largest absolute Gasteiger partial charge is 0.340 e. The first-order chi connectivity index (χ1) is 7.11. The number of hydrogen-bond acceptors (Lipinski definition) is 2. The standard InChI is InChI=1S/C11H12N2O2/c1-7-11(15)13(2)9-6-4-3-5-8(9)10(14)12-7/h3-7H,1-2H3,(H,12,14). The molecule has 1 aliphatic rings. The van der Waals surface area contributed by atoms with Crippen LogP contribution in [0.4, 0.5) is 5.69 Å². The van der Waals surface area contributed by atoms with E-state index in [-0.39, 0.29) is 11.8 Å². The third-order valence-electron chi connectivity index (χ3n) is 2.56. The minimum absolute atomic E-state index is 0.103. The Labute approximate surface area is 87.9 Å². The van der Waals surface area contributed by atoms with Crippen LogP contribution in [0.15, 0.2) is 24.3 Å². The Morgan fingerprint density at radius 2 is 1.93 bits per heavy atom. The summed E-state index contributed by atoms with van der Waals surface area (Å²) < 4.78 is 0. The van der Waals surface area contributed by atoms with Crippen LogP contribution in [0.1, 0.15) is 17.3 Å². The summed E-state index contributed by atoms with van der Waals surface area (Å²) in [6, 6.07) is 6.60. The molecule has 2 amide bonds. The van der Waals surface area contributed by atoms with Gasteiger partial charge in [-0.3, -0.25) is 9.59 Å². The van der Waals surface area contributed by atoms with Crippen molar-refractivity contribution in [1.82, 2.24) is 5.32 Å². The lowest BCUT2D eigenvalue weighted by atomic mass is 10.1. The van der Waals surface area contributed by atoms with E-state index in [4.69, 9.17) is 0 Å². The topological polar surface area (TPSA) is 49.4 Å². The minimum atomic E-state index is -0.477. The number of carbonyl (C=O) groups is 2. The van der Waals surface area contributed by atoms with Crippen molar-refractivity contribution in [1.29, 1.82) is 0 Å². The highest BCUT2D eigenvalue weighted by molar-refractivity contribution is 6.10. The van der Waals surface area contributed by atoms with Crippen LogP contribution in [0, 0.1) is 0 Å². The second-order valence-corrected chi connectivity index (χ2v) is 3.61. The van der Waals surface area contributed by atoms with E-state index in [9.17, 15) is 9.59 Å². The molecule has 1 atom stereocenters. The number of nitrogens with one attached hydrogen (secondary N) is 1. The molecule has 1 aromatic carbocycles. The number of nitrogens with zero attached hydrogens (tertiary/aromatic N) is 1. The maximum Gasteiger partial charge on any atom is 0.254 e. The van der Waals surface area contributed by atoms with Gasteiger partial charge in [-0.15, -0.1) is 0 Å². The molecule has 1 N–H and O–H groups in total. The molecule has 0 bridgehead atoms. The summed E-state index contributed by atoms with van der Waals surface area (Å²) in [5.41, 5.74) is 1.20. The number of benzene rings is 1. The first-order valence-electron chi connectivity index (χ1n) is 4.78. The zero-order chi connectivity index (χ0) is 11.0. The van der Waals surface area contributed by atoms with Crippen molar-refractivity contribution in [3.63, 3.8) is 0 Å². The second-order valence-electron chi connectivity index (χ2n) is 3.61. The monoisotopic (exact) mass is 204 g/mol. The zero-order valence-corrected chi connectivity index (χ0v) is 8.65. The number of anilines is 1. The van der Waals surface area contributed by atoms with E-state index in [2.05, 4.69) is 5.32 Å².